The molecular formula is C11H13FO. The summed E-state index contributed by atoms with van der Waals surface area (Å²) in [5, 5.41) is 0. The summed E-state index contributed by atoms with van der Waals surface area (Å²) in [6.45, 7) is 3.65. The van der Waals surface area contributed by atoms with E-state index in [1.807, 2.05) is 6.92 Å². The molecule has 0 fully saturated rings. The quantitative estimate of drug-likeness (QED) is 0.653. The number of carbonyl (C=O) groups is 1. The van der Waals surface area contributed by atoms with E-state index in [-0.39, 0.29) is 5.82 Å². The standard InChI is InChI=1S/C11H13FO/c1-8-9(2)11(12)6-5-10(8)4-3-7-13/h5-7H,3-4H2,1-2H3. The van der Waals surface area contributed by atoms with Gasteiger partial charge < -0.3 is 4.79 Å². The molecule has 0 spiro atoms. The third-order valence-electron chi connectivity index (χ3n) is 2.36. The van der Waals surface area contributed by atoms with Crippen LogP contribution in [0.2, 0.25) is 0 Å². The molecule has 0 aromatic heterocycles. The van der Waals surface area contributed by atoms with Crippen molar-refractivity contribution in [3.63, 3.8) is 0 Å². The zero-order valence-electron chi connectivity index (χ0n) is 7.93. The summed E-state index contributed by atoms with van der Waals surface area (Å²) in [4.78, 5) is 10.2. The first-order valence-electron chi connectivity index (χ1n) is 4.35. The van der Waals surface area contributed by atoms with Crippen LogP contribution in [-0.4, -0.2) is 6.29 Å². The number of benzene rings is 1. The number of aryl methyl sites for hydroxylation is 1. The highest BCUT2D eigenvalue weighted by Gasteiger charge is 2.04. The molecule has 0 amide bonds. The molecule has 1 rings (SSSR count). The molecule has 0 atom stereocenters. The minimum Gasteiger partial charge on any atom is -0.303 e. The Kier molecular flexibility index (Phi) is 3.18. The zero-order valence-corrected chi connectivity index (χ0v) is 7.93. The van der Waals surface area contributed by atoms with Gasteiger partial charge in [-0.1, -0.05) is 6.07 Å². The lowest BCUT2D eigenvalue weighted by atomic mass is 9.99. The van der Waals surface area contributed by atoms with E-state index in [4.69, 9.17) is 0 Å². The molecule has 1 nitrogen and oxygen atoms in total. The summed E-state index contributed by atoms with van der Waals surface area (Å²) in [5.74, 6) is -0.174. The lowest BCUT2D eigenvalue weighted by Crippen LogP contribution is -1.95. The van der Waals surface area contributed by atoms with Gasteiger partial charge in [-0.05, 0) is 43.0 Å². The van der Waals surface area contributed by atoms with E-state index in [1.165, 1.54) is 6.07 Å². The van der Waals surface area contributed by atoms with Crippen LogP contribution < -0.4 is 0 Å². The number of carbonyl (C=O) groups excluding carboxylic acids is 1. The molecule has 0 aliphatic rings. The molecule has 13 heavy (non-hydrogen) atoms. The molecule has 0 N–H and O–H groups in total. The van der Waals surface area contributed by atoms with E-state index in [0.29, 0.717) is 18.4 Å². The third-order valence-corrected chi connectivity index (χ3v) is 2.36. The number of hydrogen-bond donors (Lipinski definition) is 0. The predicted octanol–water partition coefficient (Wildman–Crippen LogP) is 2.57. The van der Waals surface area contributed by atoms with E-state index in [9.17, 15) is 9.18 Å². The highest BCUT2D eigenvalue weighted by molar-refractivity contribution is 5.50. The van der Waals surface area contributed by atoms with Crippen LogP contribution >= 0.6 is 0 Å². The topological polar surface area (TPSA) is 17.1 Å². The van der Waals surface area contributed by atoms with Crippen molar-refractivity contribution in [3.8, 4) is 0 Å². The van der Waals surface area contributed by atoms with Gasteiger partial charge in [0.15, 0.2) is 0 Å². The Morgan fingerprint density at radius 1 is 1.31 bits per heavy atom. The van der Waals surface area contributed by atoms with E-state index in [1.54, 1.807) is 13.0 Å². The highest BCUT2D eigenvalue weighted by atomic mass is 19.1. The van der Waals surface area contributed by atoms with Crippen molar-refractivity contribution in [2.45, 2.75) is 26.7 Å². The first-order valence-corrected chi connectivity index (χ1v) is 4.35. The molecule has 1 aromatic carbocycles. The van der Waals surface area contributed by atoms with Gasteiger partial charge in [-0.3, -0.25) is 0 Å². The first-order chi connectivity index (χ1) is 6.16. The summed E-state index contributed by atoms with van der Waals surface area (Å²) in [5.41, 5.74) is 2.70. The molecule has 0 saturated heterocycles. The van der Waals surface area contributed by atoms with Crippen molar-refractivity contribution >= 4 is 6.29 Å². The predicted molar refractivity (Wildman–Crippen MR) is 50.3 cm³/mol. The van der Waals surface area contributed by atoms with Gasteiger partial charge >= 0.3 is 0 Å². The summed E-state index contributed by atoms with van der Waals surface area (Å²) in [7, 11) is 0. The van der Waals surface area contributed by atoms with E-state index < -0.39 is 0 Å². The van der Waals surface area contributed by atoms with Crippen molar-refractivity contribution in [3.05, 3.63) is 34.6 Å². The average molecular weight is 180 g/mol. The fourth-order valence-corrected chi connectivity index (χ4v) is 1.33. The molecular weight excluding hydrogens is 167 g/mol. The van der Waals surface area contributed by atoms with Crippen LogP contribution in [0.25, 0.3) is 0 Å². The lowest BCUT2D eigenvalue weighted by Gasteiger charge is -2.07. The third kappa shape index (κ3) is 2.14. The first kappa shape index (κ1) is 9.90. The minimum atomic E-state index is -0.174. The molecule has 0 saturated carbocycles. The number of rotatable bonds is 3. The Hall–Kier alpha value is -1.18. The van der Waals surface area contributed by atoms with Gasteiger partial charge in [-0.2, -0.15) is 0 Å². The van der Waals surface area contributed by atoms with Crippen molar-refractivity contribution in [2.24, 2.45) is 0 Å². The number of hydrogen-bond acceptors (Lipinski definition) is 1. The largest absolute Gasteiger partial charge is 0.303 e. The maximum Gasteiger partial charge on any atom is 0.126 e. The Balaban J connectivity index is 2.96. The lowest BCUT2D eigenvalue weighted by molar-refractivity contribution is -0.107. The average Bonchev–Trinajstić information content (AvgIpc) is 2.13. The Labute approximate surface area is 77.6 Å². The molecule has 0 aliphatic heterocycles. The molecule has 0 radical (unpaired) electrons. The fourth-order valence-electron chi connectivity index (χ4n) is 1.33. The van der Waals surface area contributed by atoms with Crippen molar-refractivity contribution in [1.82, 2.24) is 0 Å². The second kappa shape index (κ2) is 4.17. The van der Waals surface area contributed by atoms with Crippen LogP contribution in [0.5, 0.6) is 0 Å². The molecule has 2 heteroatoms. The maximum atomic E-state index is 13.0. The molecule has 0 heterocycles. The van der Waals surface area contributed by atoms with Gasteiger partial charge in [0.2, 0.25) is 0 Å². The summed E-state index contributed by atoms with van der Waals surface area (Å²) < 4.78 is 13.0. The van der Waals surface area contributed by atoms with Gasteiger partial charge in [-0.15, -0.1) is 0 Å². The fraction of sp³-hybridized carbons (Fsp3) is 0.364. The Bertz CT molecular complexity index is 318. The summed E-state index contributed by atoms with van der Waals surface area (Å²) in [6.07, 6.45) is 2.10. The minimum absolute atomic E-state index is 0.174. The van der Waals surface area contributed by atoms with E-state index in [2.05, 4.69) is 0 Å². The van der Waals surface area contributed by atoms with Crippen LogP contribution in [0.4, 0.5) is 4.39 Å². The second-order valence-electron chi connectivity index (χ2n) is 3.16. The molecule has 0 unspecified atom stereocenters. The Morgan fingerprint density at radius 2 is 2.00 bits per heavy atom. The summed E-state index contributed by atoms with van der Waals surface area (Å²) >= 11 is 0. The zero-order chi connectivity index (χ0) is 9.84. The normalized spacial score (nSPS) is 10.1. The van der Waals surface area contributed by atoms with Crippen LogP contribution in [-0.2, 0) is 11.2 Å². The monoisotopic (exact) mass is 180 g/mol. The van der Waals surface area contributed by atoms with Crippen LogP contribution in [0.3, 0.4) is 0 Å². The van der Waals surface area contributed by atoms with E-state index >= 15 is 0 Å². The van der Waals surface area contributed by atoms with Gasteiger partial charge in [0.1, 0.15) is 12.1 Å². The molecule has 1 aromatic rings. The van der Waals surface area contributed by atoms with Crippen molar-refractivity contribution < 1.29 is 9.18 Å². The summed E-state index contributed by atoms with van der Waals surface area (Å²) in [6, 6.07) is 3.21. The van der Waals surface area contributed by atoms with Crippen molar-refractivity contribution in [1.29, 1.82) is 0 Å². The van der Waals surface area contributed by atoms with Gasteiger partial charge in [0, 0.05) is 6.42 Å². The molecule has 0 aliphatic carbocycles. The van der Waals surface area contributed by atoms with Gasteiger partial charge in [0.25, 0.3) is 0 Å². The van der Waals surface area contributed by atoms with E-state index in [0.717, 1.165) is 17.4 Å². The van der Waals surface area contributed by atoms with Gasteiger partial charge in [0.05, 0.1) is 0 Å². The van der Waals surface area contributed by atoms with Crippen LogP contribution in [0.15, 0.2) is 12.1 Å². The van der Waals surface area contributed by atoms with Crippen molar-refractivity contribution in [2.75, 3.05) is 0 Å². The number of aldehydes is 1. The second-order valence-corrected chi connectivity index (χ2v) is 3.16. The molecule has 0 bridgehead atoms. The van der Waals surface area contributed by atoms with Gasteiger partial charge in [-0.25, -0.2) is 4.39 Å². The van der Waals surface area contributed by atoms with Crippen LogP contribution in [0.1, 0.15) is 23.1 Å². The maximum absolute atomic E-state index is 13.0. The van der Waals surface area contributed by atoms with Crippen LogP contribution in [0, 0.1) is 19.7 Å². The Morgan fingerprint density at radius 3 is 2.62 bits per heavy atom. The number of halogens is 1. The SMILES string of the molecule is Cc1c(F)ccc(CCC=O)c1C. The smallest absolute Gasteiger partial charge is 0.126 e. The molecule has 70 valence electrons. The highest BCUT2D eigenvalue weighted by Crippen LogP contribution is 2.17.